The highest BCUT2D eigenvalue weighted by Gasteiger charge is 2.09. The van der Waals surface area contributed by atoms with Crippen LogP contribution in [0.3, 0.4) is 0 Å². The van der Waals surface area contributed by atoms with Gasteiger partial charge in [-0.15, -0.1) is 0 Å². The molecular formula is C9H9BrO3. The number of halogens is 1. The van der Waals surface area contributed by atoms with Crippen LogP contribution in [0.2, 0.25) is 0 Å². The summed E-state index contributed by atoms with van der Waals surface area (Å²) in [5, 5.41) is 18.6. The van der Waals surface area contributed by atoms with Crippen LogP contribution in [0.5, 0.6) is 11.5 Å². The van der Waals surface area contributed by atoms with Crippen molar-refractivity contribution < 1.29 is 15.0 Å². The lowest BCUT2D eigenvalue weighted by molar-refractivity contribution is -0.107. The van der Waals surface area contributed by atoms with Crippen molar-refractivity contribution in [2.45, 2.75) is 12.8 Å². The number of carbonyl (C=O) groups is 1. The Labute approximate surface area is 84.1 Å². The molecule has 0 spiro atoms. The van der Waals surface area contributed by atoms with Gasteiger partial charge in [0.1, 0.15) is 6.29 Å². The molecule has 0 amide bonds. The van der Waals surface area contributed by atoms with E-state index in [9.17, 15) is 9.90 Å². The van der Waals surface area contributed by atoms with E-state index in [1.165, 1.54) is 6.07 Å². The molecule has 0 radical (unpaired) electrons. The number of carbonyl (C=O) groups excluding carboxylic acids is 1. The molecule has 0 saturated heterocycles. The summed E-state index contributed by atoms with van der Waals surface area (Å²) in [5.74, 6) is -0.319. The monoisotopic (exact) mass is 244 g/mol. The quantitative estimate of drug-likeness (QED) is 0.632. The lowest BCUT2D eigenvalue weighted by Gasteiger charge is -2.06. The van der Waals surface area contributed by atoms with E-state index in [-0.39, 0.29) is 11.5 Å². The topological polar surface area (TPSA) is 57.5 Å². The minimum atomic E-state index is -0.163. The van der Waals surface area contributed by atoms with Crippen molar-refractivity contribution in [3.63, 3.8) is 0 Å². The molecule has 0 aliphatic heterocycles. The lowest BCUT2D eigenvalue weighted by Crippen LogP contribution is -1.89. The summed E-state index contributed by atoms with van der Waals surface area (Å²) in [7, 11) is 0. The number of hydrogen-bond acceptors (Lipinski definition) is 3. The van der Waals surface area contributed by atoms with Crippen molar-refractivity contribution in [2.75, 3.05) is 0 Å². The van der Waals surface area contributed by atoms with Crippen molar-refractivity contribution in [2.24, 2.45) is 0 Å². The minimum Gasteiger partial charge on any atom is -0.504 e. The number of phenols is 2. The molecule has 0 unspecified atom stereocenters. The van der Waals surface area contributed by atoms with E-state index in [1.807, 2.05) is 0 Å². The Morgan fingerprint density at radius 2 is 2.08 bits per heavy atom. The first-order chi connectivity index (χ1) is 6.16. The molecule has 1 aromatic rings. The zero-order valence-corrected chi connectivity index (χ0v) is 8.41. The van der Waals surface area contributed by atoms with Gasteiger partial charge < -0.3 is 15.0 Å². The van der Waals surface area contributed by atoms with Gasteiger partial charge >= 0.3 is 0 Å². The van der Waals surface area contributed by atoms with Gasteiger partial charge in [0.2, 0.25) is 0 Å². The largest absolute Gasteiger partial charge is 0.504 e. The maximum atomic E-state index is 10.1. The number of aldehydes is 1. The van der Waals surface area contributed by atoms with Gasteiger partial charge in [0, 0.05) is 16.5 Å². The molecule has 3 nitrogen and oxygen atoms in total. The Balaban J connectivity index is 3.02. The first kappa shape index (κ1) is 10.1. The molecule has 0 aromatic heterocycles. The van der Waals surface area contributed by atoms with Gasteiger partial charge in [0.25, 0.3) is 0 Å². The normalized spacial score (nSPS) is 9.92. The maximum Gasteiger partial charge on any atom is 0.161 e. The second-order valence-electron chi connectivity index (χ2n) is 2.60. The van der Waals surface area contributed by atoms with Crippen LogP contribution in [0.25, 0.3) is 0 Å². The van der Waals surface area contributed by atoms with E-state index in [1.54, 1.807) is 6.07 Å². The minimum absolute atomic E-state index is 0.156. The Morgan fingerprint density at radius 1 is 1.38 bits per heavy atom. The second-order valence-corrected chi connectivity index (χ2v) is 3.45. The molecular weight excluding hydrogens is 236 g/mol. The van der Waals surface area contributed by atoms with Gasteiger partial charge in [-0.3, -0.25) is 0 Å². The zero-order chi connectivity index (χ0) is 9.84. The summed E-state index contributed by atoms with van der Waals surface area (Å²) in [6.45, 7) is 0. The molecule has 0 bridgehead atoms. The van der Waals surface area contributed by atoms with E-state index in [0.29, 0.717) is 22.9 Å². The molecule has 70 valence electrons. The van der Waals surface area contributed by atoms with Gasteiger partial charge in [-0.1, -0.05) is 15.9 Å². The number of hydrogen-bond donors (Lipinski definition) is 2. The van der Waals surface area contributed by atoms with Crippen molar-refractivity contribution in [1.82, 2.24) is 0 Å². The predicted molar refractivity (Wildman–Crippen MR) is 51.9 cm³/mol. The Kier molecular flexibility index (Phi) is 3.31. The molecule has 1 rings (SSSR count). The summed E-state index contributed by atoms with van der Waals surface area (Å²) in [4.78, 5) is 10.1. The first-order valence-electron chi connectivity index (χ1n) is 3.79. The molecule has 4 heteroatoms. The molecule has 0 aliphatic rings. The highest BCUT2D eigenvalue weighted by Crippen LogP contribution is 2.34. The highest BCUT2D eigenvalue weighted by atomic mass is 79.9. The van der Waals surface area contributed by atoms with E-state index in [2.05, 4.69) is 15.9 Å². The second kappa shape index (κ2) is 4.28. The first-order valence-corrected chi connectivity index (χ1v) is 4.59. The van der Waals surface area contributed by atoms with Crippen molar-refractivity contribution >= 4 is 22.2 Å². The van der Waals surface area contributed by atoms with Crippen molar-refractivity contribution in [3.05, 3.63) is 22.2 Å². The third-order valence-electron chi connectivity index (χ3n) is 1.72. The lowest BCUT2D eigenvalue weighted by atomic mass is 10.1. The standard InChI is InChI=1S/C9H9BrO3/c10-7-3-4-8(12)9(13)6(7)2-1-5-11/h3-5,12-13H,1-2H2. The molecule has 0 aliphatic carbocycles. The Hall–Kier alpha value is -1.03. The summed E-state index contributed by atoms with van der Waals surface area (Å²) < 4.78 is 0.699. The molecule has 0 saturated carbocycles. The van der Waals surface area contributed by atoms with Gasteiger partial charge in [0.15, 0.2) is 11.5 Å². The molecule has 1 aromatic carbocycles. The Bertz CT molecular complexity index is 323. The van der Waals surface area contributed by atoms with Crippen LogP contribution < -0.4 is 0 Å². The van der Waals surface area contributed by atoms with Crippen molar-refractivity contribution in [1.29, 1.82) is 0 Å². The highest BCUT2D eigenvalue weighted by molar-refractivity contribution is 9.10. The van der Waals surface area contributed by atoms with E-state index >= 15 is 0 Å². The van der Waals surface area contributed by atoms with Crippen LogP contribution in [0.15, 0.2) is 16.6 Å². The molecule has 13 heavy (non-hydrogen) atoms. The van der Waals surface area contributed by atoms with E-state index in [0.717, 1.165) is 6.29 Å². The van der Waals surface area contributed by atoms with Crippen LogP contribution in [-0.2, 0) is 11.2 Å². The van der Waals surface area contributed by atoms with Gasteiger partial charge in [0.05, 0.1) is 0 Å². The number of phenolic OH excluding ortho intramolecular Hbond substituents is 2. The van der Waals surface area contributed by atoms with Crippen LogP contribution in [-0.4, -0.2) is 16.5 Å². The fraction of sp³-hybridized carbons (Fsp3) is 0.222. The zero-order valence-electron chi connectivity index (χ0n) is 6.83. The molecule has 0 fully saturated rings. The molecule has 0 atom stereocenters. The van der Waals surface area contributed by atoms with E-state index < -0.39 is 0 Å². The van der Waals surface area contributed by atoms with Gasteiger partial charge in [-0.05, 0) is 18.6 Å². The maximum absolute atomic E-state index is 10.1. The number of benzene rings is 1. The molecule has 2 N–H and O–H groups in total. The smallest absolute Gasteiger partial charge is 0.161 e. The fourth-order valence-corrected chi connectivity index (χ4v) is 1.56. The van der Waals surface area contributed by atoms with Gasteiger partial charge in [-0.2, -0.15) is 0 Å². The average molecular weight is 245 g/mol. The summed E-state index contributed by atoms with van der Waals surface area (Å²) in [5.41, 5.74) is 0.562. The SMILES string of the molecule is O=CCCc1c(Br)ccc(O)c1O. The van der Waals surface area contributed by atoms with Crippen molar-refractivity contribution in [3.8, 4) is 11.5 Å². The number of rotatable bonds is 3. The Morgan fingerprint density at radius 3 is 2.69 bits per heavy atom. The van der Waals surface area contributed by atoms with Crippen LogP contribution in [0.4, 0.5) is 0 Å². The summed E-state index contributed by atoms with van der Waals surface area (Å²) in [6, 6.07) is 3.03. The van der Waals surface area contributed by atoms with Crippen LogP contribution in [0.1, 0.15) is 12.0 Å². The average Bonchev–Trinajstić information content (AvgIpc) is 2.12. The third-order valence-corrected chi connectivity index (χ3v) is 2.46. The number of aromatic hydroxyl groups is 2. The molecule has 0 heterocycles. The summed E-state index contributed by atoms with van der Waals surface area (Å²) in [6.07, 6.45) is 1.52. The summed E-state index contributed by atoms with van der Waals surface area (Å²) >= 11 is 3.22. The predicted octanol–water partition coefficient (Wildman–Crippen LogP) is 1.99. The van der Waals surface area contributed by atoms with Gasteiger partial charge in [-0.25, -0.2) is 0 Å². The van der Waals surface area contributed by atoms with Crippen LogP contribution >= 0.6 is 15.9 Å². The van der Waals surface area contributed by atoms with Crippen LogP contribution in [0, 0.1) is 0 Å². The third kappa shape index (κ3) is 2.21. The fourth-order valence-electron chi connectivity index (χ4n) is 1.04. The van der Waals surface area contributed by atoms with E-state index in [4.69, 9.17) is 5.11 Å².